The van der Waals surface area contributed by atoms with Crippen LogP contribution < -0.4 is 0 Å². The second-order valence-electron chi connectivity index (χ2n) is 5.45. The molecule has 0 aliphatic heterocycles. The summed E-state index contributed by atoms with van der Waals surface area (Å²) >= 11 is 3.38. The Hall–Kier alpha value is -2.14. The molecular formula is C19H19BrO4. The van der Waals surface area contributed by atoms with Crippen LogP contribution in [0.1, 0.15) is 12.0 Å². The average molecular weight is 391 g/mol. The van der Waals surface area contributed by atoms with Crippen LogP contribution in [0, 0.1) is 0 Å². The molecule has 0 bridgehead atoms. The van der Waals surface area contributed by atoms with Gasteiger partial charge in [-0.2, -0.15) is 0 Å². The molecular weight excluding hydrogens is 372 g/mol. The van der Waals surface area contributed by atoms with Crippen LogP contribution in [0.3, 0.4) is 0 Å². The normalized spacial score (nSPS) is 13.0. The van der Waals surface area contributed by atoms with Crippen molar-refractivity contribution >= 4 is 27.9 Å². The van der Waals surface area contributed by atoms with E-state index in [2.05, 4.69) is 20.7 Å². The molecule has 0 amide bonds. The van der Waals surface area contributed by atoms with Gasteiger partial charge in [-0.05, 0) is 23.1 Å². The maximum Gasteiger partial charge on any atom is 0.323 e. The van der Waals surface area contributed by atoms with Crippen LogP contribution in [-0.2, 0) is 25.5 Å². The van der Waals surface area contributed by atoms with E-state index in [0.717, 1.165) is 16.7 Å². The molecule has 0 saturated heterocycles. The fourth-order valence-electron chi connectivity index (χ4n) is 2.46. The standard InChI is InChI=1S/C19H19BrO4/c1-23-17(21)13-19(20,18(22)24-2)12-14-8-10-16(11-9-14)15-6-4-3-5-7-15/h3-11H,12-13H2,1-2H3. The van der Waals surface area contributed by atoms with Crippen molar-refractivity contribution in [2.45, 2.75) is 17.2 Å². The van der Waals surface area contributed by atoms with Crippen LogP contribution >= 0.6 is 15.9 Å². The first-order chi connectivity index (χ1) is 11.5. The summed E-state index contributed by atoms with van der Waals surface area (Å²) in [6.45, 7) is 0. The largest absolute Gasteiger partial charge is 0.469 e. The number of methoxy groups -OCH3 is 2. The highest BCUT2D eigenvalue weighted by atomic mass is 79.9. The first-order valence-electron chi connectivity index (χ1n) is 7.47. The summed E-state index contributed by atoms with van der Waals surface area (Å²) < 4.78 is 8.38. The summed E-state index contributed by atoms with van der Waals surface area (Å²) in [7, 11) is 2.59. The molecule has 1 atom stereocenters. The number of hydrogen-bond acceptors (Lipinski definition) is 4. The molecule has 1 unspecified atom stereocenters. The molecule has 0 aromatic heterocycles. The van der Waals surface area contributed by atoms with Gasteiger partial charge in [-0.3, -0.25) is 9.59 Å². The van der Waals surface area contributed by atoms with Crippen LogP contribution in [0.25, 0.3) is 11.1 Å². The first-order valence-corrected chi connectivity index (χ1v) is 8.26. The third-order valence-corrected chi connectivity index (χ3v) is 4.63. The SMILES string of the molecule is COC(=O)CC(Br)(Cc1ccc(-c2ccccc2)cc1)C(=O)OC. The van der Waals surface area contributed by atoms with Crippen molar-refractivity contribution in [2.75, 3.05) is 14.2 Å². The van der Waals surface area contributed by atoms with Gasteiger partial charge in [0.25, 0.3) is 0 Å². The molecule has 5 heteroatoms. The predicted octanol–water partition coefficient (Wildman–Crippen LogP) is 3.77. The Morgan fingerprint density at radius 1 is 0.917 bits per heavy atom. The zero-order valence-electron chi connectivity index (χ0n) is 13.6. The topological polar surface area (TPSA) is 52.6 Å². The second kappa shape index (κ2) is 8.11. The molecule has 0 heterocycles. The molecule has 0 aliphatic carbocycles. The number of carbonyl (C=O) groups excluding carboxylic acids is 2. The maximum absolute atomic E-state index is 12.1. The Labute approximate surface area is 149 Å². The lowest BCUT2D eigenvalue weighted by Gasteiger charge is -2.23. The predicted molar refractivity (Wildman–Crippen MR) is 95.9 cm³/mol. The van der Waals surface area contributed by atoms with Crippen LogP contribution in [0.4, 0.5) is 0 Å². The summed E-state index contributed by atoms with van der Waals surface area (Å²) in [4.78, 5) is 23.7. The van der Waals surface area contributed by atoms with Gasteiger partial charge in [0.05, 0.1) is 20.6 Å². The van der Waals surface area contributed by atoms with Crippen LogP contribution in [0.5, 0.6) is 0 Å². The van der Waals surface area contributed by atoms with E-state index < -0.39 is 16.3 Å². The number of halogens is 1. The highest BCUT2D eigenvalue weighted by molar-refractivity contribution is 9.10. The lowest BCUT2D eigenvalue weighted by molar-refractivity contribution is -0.149. The van der Waals surface area contributed by atoms with Crippen molar-refractivity contribution in [3.8, 4) is 11.1 Å². The van der Waals surface area contributed by atoms with Crippen LogP contribution in [-0.4, -0.2) is 30.5 Å². The molecule has 0 fully saturated rings. The van der Waals surface area contributed by atoms with E-state index in [-0.39, 0.29) is 6.42 Å². The minimum Gasteiger partial charge on any atom is -0.469 e. The van der Waals surface area contributed by atoms with E-state index in [9.17, 15) is 9.59 Å². The molecule has 2 aromatic rings. The molecule has 4 nitrogen and oxygen atoms in total. The highest BCUT2D eigenvalue weighted by Gasteiger charge is 2.39. The number of ether oxygens (including phenoxy) is 2. The van der Waals surface area contributed by atoms with Gasteiger partial charge in [0.15, 0.2) is 0 Å². The van der Waals surface area contributed by atoms with Crippen molar-refractivity contribution in [1.82, 2.24) is 0 Å². The monoisotopic (exact) mass is 390 g/mol. The third kappa shape index (κ3) is 4.45. The van der Waals surface area contributed by atoms with Crippen molar-refractivity contribution in [2.24, 2.45) is 0 Å². The lowest BCUT2D eigenvalue weighted by Crippen LogP contribution is -2.38. The highest BCUT2D eigenvalue weighted by Crippen LogP contribution is 2.30. The summed E-state index contributed by atoms with van der Waals surface area (Å²) in [6.07, 6.45) is 0.223. The number of carbonyl (C=O) groups is 2. The van der Waals surface area contributed by atoms with Crippen LogP contribution in [0.2, 0.25) is 0 Å². The van der Waals surface area contributed by atoms with E-state index in [1.54, 1.807) is 0 Å². The van der Waals surface area contributed by atoms with E-state index >= 15 is 0 Å². The fraction of sp³-hybridized carbons (Fsp3) is 0.263. The first kappa shape index (κ1) is 18.2. The molecule has 2 aromatic carbocycles. The smallest absolute Gasteiger partial charge is 0.323 e. The summed E-state index contributed by atoms with van der Waals surface area (Å²) in [5, 5.41) is 0. The van der Waals surface area contributed by atoms with E-state index in [4.69, 9.17) is 4.74 Å². The van der Waals surface area contributed by atoms with Gasteiger partial charge in [-0.1, -0.05) is 70.5 Å². The van der Waals surface area contributed by atoms with Crippen molar-refractivity contribution in [1.29, 1.82) is 0 Å². The molecule has 0 saturated carbocycles. The van der Waals surface area contributed by atoms with E-state index in [1.807, 2.05) is 54.6 Å². The van der Waals surface area contributed by atoms with Gasteiger partial charge in [-0.25, -0.2) is 0 Å². The molecule has 0 spiro atoms. The van der Waals surface area contributed by atoms with E-state index in [0.29, 0.717) is 6.42 Å². The molecule has 0 aliphatic rings. The lowest BCUT2D eigenvalue weighted by atomic mass is 9.94. The number of alkyl halides is 1. The summed E-state index contributed by atoms with van der Waals surface area (Å²) in [5.74, 6) is -0.974. The average Bonchev–Trinajstić information content (AvgIpc) is 2.62. The number of esters is 2. The molecule has 24 heavy (non-hydrogen) atoms. The Bertz CT molecular complexity index is 697. The number of hydrogen-bond donors (Lipinski definition) is 0. The van der Waals surface area contributed by atoms with Gasteiger partial charge >= 0.3 is 11.9 Å². The number of benzene rings is 2. The van der Waals surface area contributed by atoms with E-state index in [1.165, 1.54) is 14.2 Å². The fourth-order valence-corrected chi connectivity index (χ4v) is 3.17. The van der Waals surface area contributed by atoms with Crippen molar-refractivity contribution in [3.63, 3.8) is 0 Å². The zero-order chi connectivity index (χ0) is 17.6. The summed E-state index contributed by atoms with van der Waals surface area (Å²) in [6, 6.07) is 17.9. The minimum atomic E-state index is -1.14. The second-order valence-corrected chi connectivity index (χ2v) is 6.97. The Morgan fingerprint density at radius 3 is 2.04 bits per heavy atom. The van der Waals surface area contributed by atoms with Gasteiger partial charge in [0.2, 0.25) is 0 Å². The van der Waals surface area contributed by atoms with Gasteiger partial charge in [-0.15, -0.1) is 0 Å². The molecule has 126 valence electrons. The zero-order valence-corrected chi connectivity index (χ0v) is 15.2. The van der Waals surface area contributed by atoms with Crippen molar-refractivity contribution in [3.05, 3.63) is 60.2 Å². The van der Waals surface area contributed by atoms with Crippen molar-refractivity contribution < 1.29 is 19.1 Å². The molecule has 0 radical (unpaired) electrons. The molecule has 0 N–H and O–H groups in total. The molecule has 2 rings (SSSR count). The number of rotatable bonds is 6. The summed E-state index contributed by atoms with van der Waals surface area (Å²) in [5.41, 5.74) is 3.13. The Morgan fingerprint density at radius 2 is 1.50 bits per heavy atom. The quantitative estimate of drug-likeness (QED) is 0.556. The Kier molecular flexibility index (Phi) is 6.15. The van der Waals surface area contributed by atoms with Crippen LogP contribution in [0.15, 0.2) is 54.6 Å². The Balaban J connectivity index is 2.20. The van der Waals surface area contributed by atoms with Gasteiger partial charge in [0, 0.05) is 0 Å². The maximum atomic E-state index is 12.1. The third-order valence-electron chi connectivity index (χ3n) is 3.75. The van der Waals surface area contributed by atoms with Gasteiger partial charge in [0.1, 0.15) is 4.32 Å². The minimum absolute atomic E-state index is 0.101. The van der Waals surface area contributed by atoms with Gasteiger partial charge < -0.3 is 9.47 Å².